The molecule has 0 amide bonds. The van der Waals surface area contributed by atoms with Gasteiger partial charge < -0.3 is 5.11 Å². The van der Waals surface area contributed by atoms with Gasteiger partial charge in [0, 0.05) is 12.0 Å². The number of fused-ring (bicyclic) bond motifs is 1. The smallest absolute Gasteiger partial charge is 0.155 e. The average molecular weight is 348 g/mol. The molecule has 1 unspecified atom stereocenters. The molecular formula is C26H20O. The number of aliphatic hydroxyl groups is 1. The van der Waals surface area contributed by atoms with E-state index in [4.69, 9.17) is 0 Å². The van der Waals surface area contributed by atoms with Crippen LogP contribution in [0.2, 0.25) is 0 Å². The third-order valence-corrected chi connectivity index (χ3v) is 4.76. The van der Waals surface area contributed by atoms with Crippen molar-refractivity contribution in [3.05, 3.63) is 120 Å². The molecule has 0 aliphatic carbocycles. The molecule has 4 aromatic rings. The minimum atomic E-state index is -1.26. The van der Waals surface area contributed by atoms with Gasteiger partial charge in [0.1, 0.15) is 0 Å². The minimum Gasteiger partial charge on any atom is -0.373 e. The topological polar surface area (TPSA) is 20.2 Å². The molecule has 1 nitrogen and oxygen atoms in total. The molecule has 0 aromatic heterocycles. The van der Waals surface area contributed by atoms with Crippen LogP contribution in [0.3, 0.4) is 0 Å². The van der Waals surface area contributed by atoms with Crippen LogP contribution in [0.1, 0.15) is 16.7 Å². The second kappa shape index (κ2) is 7.50. The fraction of sp³-hybridized carbons (Fsp3) is 0.0769. The van der Waals surface area contributed by atoms with Gasteiger partial charge in [-0.1, -0.05) is 103 Å². The van der Waals surface area contributed by atoms with Crippen molar-refractivity contribution < 1.29 is 5.11 Å². The van der Waals surface area contributed by atoms with Crippen molar-refractivity contribution in [1.29, 1.82) is 0 Å². The fourth-order valence-electron chi connectivity index (χ4n) is 3.35. The molecule has 0 saturated carbocycles. The van der Waals surface area contributed by atoms with Crippen LogP contribution in [0.4, 0.5) is 0 Å². The molecule has 0 aliphatic heterocycles. The Balaban J connectivity index is 1.80. The quantitative estimate of drug-likeness (QED) is 0.497. The molecule has 0 saturated heterocycles. The highest BCUT2D eigenvalue weighted by Crippen LogP contribution is 2.29. The van der Waals surface area contributed by atoms with Gasteiger partial charge in [-0.2, -0.15) is 0 Å². The summed E-state index contributed by atoms with van der Waals surface area (Å²) >= 11 is 0. The van der Waals surface area contributed by atoms with E-state index in [2.05, 4.69) is 36.1 Å². The second-order valence-corrected chi connectivity index (χ2v) is 6.66. The first-order chi connectivity index (χ1) is 13.2. The molecule has 1 atom stereocenters. The van der Waals surface area contributed by atoms with Gasteiger partial charge >= 0.3 is 0 Å². The Morgan fingerprint density at radius 3 is 2.07 bits per heavy atom. The van der Waals surface area contributed by atoms with Crippen LogP contribution in [-0.2, 0) is 12.0 Å². The van der Waals surface area contributed by atoms with Crippen LogP contribution in [0.15, 0.2) is 103 Å². The minimum absolute atomic E-state index is 0.429. The van der Waals surface area contributed by atoms with Crippen LogP contribution >= 0.6 is 0 Å². The summed E-state index contributed by atoms with van der Waals surface area (Å²) in [6.07, 6.45) is 0.429. The molecule has 0 fully saturated rings. The lowest BCUT2D eigenvalue weighted by Gasteiger charge is -2.24. The van der Waals surface area contributed by atoms with Crippen molar-refractivity contribution in [2.75, 3.05) is 0 Å². The Labute approximate surface area is 159 Å². The molecule has 0 heterocycles. The van der Waals surface area contributed by atoms with Crippen LogP contribution in [0, 0.1) is 11.8 Å². The molecule has 4 rings (SSSR count). The molecule has 1 heteroatoms. The summed E-state index contributed by atoms with van der Waals surface area (Å²) in [5.41, 5.74) is 1.52. The van der Waals surface area contributed by atoms with E-state index < -0.39 is 5.60 Å². The van der Waals surface area contributed by atoms with Crippen LogP contribution in [-0.4, -0.2) is 5.11 Å². The first kappa shape index (κ1) is 17.1. The van der Waals surface area contributed by atoms with Gasteiger partial charge in [0.25, 0.3) is 0 Å². The third-order valence-electron chi connectivity index (χ3n) is 4.76. The van der Waals surface area contributed by atoms with E-state index >= 15 is 0 Å². The second-order valence-electron chi connectivity index (χ2n) is 6.66. The average Bonchev–Trinajstić information content (AvgIpc) is 2.74. The summed E-state index contributed by atoms with van der Waals surface area (Å²) < 4.78 is 0. The zero-order valence-electron chi connectivity index (χ0n) is 15.0. The first-order valence-electron chi connectivity index (χ1n) is 9.07. The molecule has 0 radical (unpaired) electrons. The molecule has 0 aliphatic rings. The summed E-state index contributed by atoms with van der Waals surface area (Å²) in [5.74, 6) is 6.30. The van der Waals surface area contributed by atoms with E-state index in [1.807, 2.05) is 78.9 Å². The van der Waals surface area contributed by atoms with E-state index in [1.165, 1.54) is 5.39 Å². The molecule has 1 N–H and O–H groups in total. The van der Waals surface area contributed by atoms with E-state index in [-0.39, 0.29) is 0 Å². The monoisotopic (exact) mass is 348 g/mol. The predicted molar refractivity (Wildman–Crippen MR) is 111 cm³/mol. The van der Waals surface area contributed by atoms with Gasteiger partial charge in [0.15, 0.2) is 5.60 Å². The number of hydrogen-bond acceptors (Lipinski definition) is 1. The third kappa shape index (κ3) is 3.77. The Kier molecular flexibility index (Phi) is 4.75. The fourth-order valence-corrected chi connectivity index (χ4v) is 3.35. The standard InChI is InChI=1S/C26H20O/c27-26(24-15-5-2-6-16-24,19-18-21-10-3-1-4-11-21)20-23-14-9-13-22-12-7-8-17-25(22)23/h1-17,27H,20H2. The lowest BCUT2D eigenvalue weighted by atomic mass is 9.86. The Morgan fingerprint density at radius 1 is 0.667 bits per heavy atom. The van der Waals surface area contributed by atoms with Gasteiger partial charge in [-0.15, -0.1) is 0 Å². The summed E-state index contributed by atoms with van der Waals surface area (Å²) in [6, 6.07) is 33.9. The highest BCUT2D eigenvalue weighted by molar-refractivity contribution is 5.85. The van der Waals surface area contributed by atoms with Crippen molar-refractivity contribution in [2.45, 2.75) is 12.0 Å². The van der Waals surface area contributed by atoms with Gasteiger partial charge in [-0.05, 0) is 34.0 Å². The molecule has 0 bridgehead atoms. The van der Waals surface area contributed by atoms with Crippen molar-refractivity contribution in [1.82, 2.24) is 0 Å². The Morgan fingerprint density at radius 2 is 1.30 bits per heavy atom. The summed E-state index contributed by atoms with van der Waals surface area (Å²) in [4.78, 5) is 0. The molecule has 27 heavy (non-hydrogen) atoms. The number of benzene rings is 4. The number of hydrogen-bond donors (Lipinski definition) is 1. The first-order valence-corrected chi connectivity index (χ1v) is 9.07. The van der Waals surface area contributed by atoms with Gasteiger partial charge in [0.2, 0.25) is 0 Å². The Bertz CT molecular complexity index is 1100. The lowest BCUT2D eigenvalue weighted by molar-refractivity contribution is 0.101. The van der Waals surface area contributed by atoms with Crippen LogP contribution < -0.4 is 0 Å². The van der Waals surface area contributed by atoms with Crippen molar-refractivity contribution in [3.63, 3.8) is 0 Å². The zero-order chi connectivity index (χ0) is 18.5. The largest absolute Gasteiger partial charge is 0.373 e. The summed E-state index contributed by atoms with van der Waals surface area (Å²) in [5, 5.41) is 13.9. The summed E-state index contributed by atoms with van der Waals surface area (Å²) in [7, 11) is 0. The molecule has 4 aromatic carbocycles. The van der Waals surface area contributed by atoms with E-state index in [0.717, 1.165) is 22.1 Å². The maximum absolute atomic E-state index is 11.6. The van der Waals surface area contributed by atoms with Crippen LogP contribution in [0.5, 0.6) is 0 Å². The molecule has 0 spiro atoms. The highest BCUT2D eigenvalue weighted by Gasteiger charge is 2.28. The highest BCUT2D eigenvalue weighted by atomic mass is 16.3. The lowest BCUT2D eigenvalue weighted by Crippen LogP contribution is -2.26. The SMILES string of the molecule is OC(C#Cc1ccccc1)(Cc1cccc2ccccc12)c1ccccc1. The van der Waals surface area contributed by atoms with Crippen LogP contribution in [0.25, 0.3) is 10.8 Å². The normalized spacial score (nSPS) is 12.8. The maximum atomic E-state index is 11.6. The predicted octanol–water partition coefficient (Wildman–Crippen LogP) is 5.32. The van der Waals surface area contributed by atoms with Gasteiger partial charge in [-0.3, -0.25) is 0 Å². The van der Waals surface area contributed by atoms with E-state index in [0.29, 0.717) is 6.42 Å². The van der Waals surface area contributed by atoms with Gasteiger partial charge in [-0.25, -0.2) is 0 Å². The van der Waals surface area contributed by atoms with Crippen molar-refractivity contribution in [3.8, 4) is 11.8 Å². The number of rotatable bonds is 3. The Hall–Kier alpha value is -3.34. The van der Waals surface area contributed by atoms with E-state index in [9.17, 15) is 5.11 Å². The van der Waals surface area contributed by atoms with Crippen molar-refractivity contribution >= 4 is 10.8 Å². The maximum Gasteiger partial charge on any atom is 0.155 e. The van der Waals surface area contributed by atoms with E-state index in [1.54, 1.807) is 0 Å². The molecular weight excluding hydrogens is 328 g/mol. The van der Waals surface area contributed by atoms with Crippen molar-refractivity contribution in [2.24, 2.45) is 0 Å². The summed E-state index contributed by atoms with van der Waals surface area (Å²) in [6.45, 7) is 0. The molecule has 130 valence electrons. The van der Waals surface area contributed by atoms with Gasteiger partial charge in [0.05, 0.1) is 0 Å². The zero-order valence-corrected chi connectivity index (χ0v) is 15.0.